The molecule has 0 aliphatic heterocycles. The van der Waals surface area contributed by atoms with E-state index in [9.17, 15) is 13.6 Å². The Bertz CT molecular complexity index is 662. The van der Waals surface area contributed by atoms with Gasteiger partial charge in [-0.05, 0) is 36.8 Å². The number of carbonyl (C=O) groups is 1. The van der Waals surface area contributed by atoms with Crippen LogP contribution < -0.4 is 11.1 Å². The summed E-state index contributed by atoms with van der Waals surface area (Å²) in [6.45, 7) is 1.84. The van der Waals surface area contributed by atoms with Crippen LogP contribution >= 0.6 is 11.8 Å². The molecule has 2 aromatic rings. The van der Waals surface area contributed by atoms with Gasteiger partial charge in [-0.15, -0.1) is 0 Å². The first-order valence-corrected chi connectivity index (χ1v) is 7.06. The van der Waals surface area contributed by atoms with Crippen LogP contribution in [-0.4, -0.2) is 11.7 Å². The Morgan fingerprint density at radius 2 is 1.95 bits per heavy atom. The molecule has 1 amide bonds. The molecule has 0 saturated heterocycles. The number of thioether (sulfide) groups is 1. The summed E-state index contributed by atoms with van der Waals surface area (Å²) in [6, 6.07) is 11.4. The normalized spacial score (nSPS) is 10.7. The number of hydrogen-bond donors (Lipinski definition) is 2. The van der Waals surface area contributed by atoms with E-state index in [2.05, 4.69) is 5.32 Å². The number of aryl methyl sites for hydroxylation is 1. The Balaban J connectivity index is 2.21. The second kappa shape index (κ2) is 6.58. The molecule has 3 N–H and O–H groups in total. The third kappa shape index (κ3) is 3.95. The summed E-state index contributed by atoms with van der Waals surface area (Å²) in [7, 11) is 0. The zero-order valence-electron chi connectivity index (χ0n) is 11.3. The Hall–Kier alpha value is -2.08. The van der Waals surface area contributed by atoms with Crippen molar-refractivity contribution in [1.29, 1.82) is 0 Å². The van der Waals surface area contributed by atoms with Crippen molar-refractivity contribution in [1.82, 2.24) is 0 Å². The zero-order valence-corrected chi connectivity index (χ0v) is 12.1. The predicted molar refractivity (Wildman–Crippen MR) is 81.8 cm³/mol. The summed E-state index contributed by atoms with van der Waals surface area (Å²) in [4.78, 5) is 12.5. The molecule has 0 aromatic heterocycles. The molecule has 0 saturated carbocycles. The number of anilines is 2. The van der Waals surface area contributed by atoms with Gasteiger partial charge in [-0.1, -0.05) is 30.0 Å². The van der Waals surface area contributed by atoms with Crippen LogP contribution in [0.2, 0.25) is 0 Å². The van der Waals surface area contributed by atoms with E-state index in [-0.39, 0.29) is 5.91 Å². The molecule has 110 valence electrons. The number of nitrogen functional groups attached to an aromatic ring is 1. The average molecular weight is 308 g/mol. The van der Waals surface area contributed by atoms with Gasteiger partial charge >= 0.3 is 0 Å². The van der Waals surface area contributed by atoms with E-state index in [1.807, 2.05) is 6.92 Å². The Morgan fingerprint density at radius 1 is 1.24 bits per heavy atom. The van der Waals surface area contributed by atoms with Crippen LogP contribution in [0.3, 0.4) is 0 Å². The average Bonchev–Trinajstić information content (AvgIpc) is 2.43. The minimum Gasteiger partial charge on any atom is -0.398 e. The highest BCUT2D eigenvalue weighted by Crippen LogP contribution is 2.31. The second-order valence-corrected chi connectivity index (χ2v) is 5.43. The van der Waals surface area contributed by atoms with Gasteiger partial charge < -0.3 is 11.1 Å². The molecule has 2 rings (SSSR count). The number of nitrogens with two attached hydrogens (primary N) is 1. The molecule has 6 heteroatoms. The molecule has 0 aliphatic carbocycles. The summed E-state index contributed by atoms with van der Waals surface area (Å²) in [6.07, 6.45) is 0. The fourth-order valence-corrected chi connectivity index (χ4v) is 2.34. The predicted octanol–water partition coefficient (Wildman–Crippen LogP) is 4.14. The van der Waals surface area contributed by atoms with Crippen LogP contribution in [0, 0.1) is 6.92 Å². The third-order valence-electron chi connectivity index (χ3n) is 2.89. The molecule has 0 atom stereocenters. The van der Waals surface area contributed by atoms with Gasteiger partial charge in [0.25, 0.3) is 11.7 Å². The molecule has 0 fully saturated rings. The van der Waals surface area contributed by atoms with Crippen molar-refractivity contribution in [2.24, 2.45) is 0 Å². The highest BCUT2D eigenvalue weighted by molar-refractivity contribution is 7.99. The van der Waals surface area contributed by atoms with Crippen LogP contribution in [0.15, 0.2) is 47.4 Å². The SMILES string of the molecule is Cc1ccc(C(=O)Nc2ccccc2SC(F)F)cc1N. The van der Waals surface area contributed by atoms with E-state index in [4.69, 9.17) is 5.73 Å². The molecule has 0 spiro atoms. The minimum atomic E-state index is -2.54. The maximum absolute atomic E-state index is 12.5. The number of halogens is 2. The molecule has 0 bridgehead atoms. The fourth-order valence-electron chi connectivity index (χ4n) is 1.74. The van der Waals surface area contributed by atoms with Gasteiger partial charge in [0, 0.05) is 16.1 Å². The van der Waals surface area contributed by atoms with Gasteiger partial charge in [0.15, 0.2) is 0 Å². The van der Waals surface area contributed by atoms with Gasteiger partial charge in [0.2, 0.25) is 0 Å². The molecular weight excluding hydrogens is 294 g/mol. The van der Waals surface area contributed by atoms with Gasteiger partial charge in [-0.25, -0.2) is 0 Å². The van der Waals surface area contributed by atoms with E-state index >= 15 is 0 Å². The van der Waals surface area contributed by atoms with Crippen LogP contribution in [0.25, 0.3) is 0 Å². The lowest BCUT2D eigenvalue weighted by molar-refractivity contribution is 0.102. The van der Waals surface area contributed by atoms with E-state index in [1.165, 1.54) is 6.07 Å². The van der Waals surface area contributed by atoms with Crippen LogP contribution in [0.1, 0.15) is 15.9 Å². The van der Waals surface area contributed by atoms with Crippen LogP contribution in [-0.2, 0) is 0 Å². The van der Waals surface area contributed by atoms with Crippen molar-refractivity contribution in [3.05, 3.63) is 53.6 Å². The summed E-state index contributed by atoms with van der Waals surface area (Å²) in [5.41, 5.74) is 7.89. The highest BCUT2D eigenvalue weighted by atomic mass is 32.2. The number of alkyl halides is 2. The first-order chi connectivity index (χ1) is 9.97. The van der Waals surface area contributed by atoms with Crippen molar-refractivity contribution in [3.63, 3.8) is 0 Å². The molecule has 21 heavy (non-hydrogen) atoms. The molecule has 0 unspecified atom stereocenters. The van der Waals surface area contributed by atoms with Gasteiger partial charge in [0.05, 0.1) is 5.69 Å². The van der Waals surface area contributed by atoms with Crippen molar-refractivity contribution in [2.45, 2.75) is 17.6 Å². The molecule has 3 nitrogen and oxygen atoms in total. The second-order valence-electron chi connectivity index (χ2n) is 4.40. The summed E-state index contributed by atoms with van der Waals surface area (Å²) in [5.74, 6) is -2.93. The molecular formula is C15H14F2N2OS. The number of carbonyl (C=O) groups excluding carboxylic acids is 1. The number of para-hydroxylation sites is 1. The van der Waals surface area contributed by atoms with E-state index in [1.54, 1.807) is 36.4 Å². The minimum absolute atomic E-state index is 0.320. The lowest BCUT2D eigenvalue weighted by atomic mass is 10.1. The molecule has 2 aromatic carbocycles. The fraction of sp³-hybridized carbons (Fsp3) is 0.133. The Morgan fingerprint density at radius 3 is 2.62 bits per heavy atom. The summed E-state index contributed by atoms with van der Waals surface area (Å²) < 4.78 is 25.0. The summed E-state index contributed by atoms with van der Waals surface area (Å²) >= 11 is 0.395. The first-order valence-electron chi connectivity index (χ1n) is 6.18. The van der Waals surface area contributed by atoms with E-state index in [0.29, 0.717) is 33.6 Å². The number of nitrogens with one attached hydrogen (secondary N) is 1. The quantitative estimate of drug-likeness (QED) is 0.659. The highest BCUT2D eigenvalue weighted by Gasteiger charge is 2.13. The first kappa shape index (κ1) is 15.3. The van der Waals surface area contributed by atoms with Crippen LogP contribution in [0.5, 0.6) is 0 Å². The number of benzene rings is 2. The monoisotopic (exact) mass is 308 g/mol. The Kier molecular flexibility index (Phi) is 4.80. The summed E-state index contributed by atoms with van der Waals surface area (Å²) in [5, 5.41) is 2.63. The smallest absolute Gasteiger partial charge is 0.288 e. The lowest BCUT2D eigenvalue weighted by Gasteiger charge is -2.11. The molecule has 0 radical (unpaired) electrons. The van der Waals surface area contributed by atoms with Crippen molar-refractivity contribution in [2.75, 3.05) is 11.1 Å². The molecule has 0 aliphatic rings. The van der Waals surface area contributed by atoms with Crippen molar-refractivity contribution >= 4 is 29.0 Å². The van der Waals surface area contributed by atoms with Crippen molar-refractivity contribution < 1.29 is 13.6 Å². The van der Waals surface area contributed by atoms with E-state index < -0.39 is 5.76 Å². The van der Waals surface area contributed by atoms with Gasteiger partial charge in [-0.2, -0.15) is 8.78 Å². The van der Waals surface area contributed by atoms with Gasteiger partial charge in [0.1, 0.15) is 0 Å². The van der Waals surface area contributed by atoms with Crippen molar-refractivity contribution in [3.8, 4) is 0 Å². The maximum Gasteiger partial charge on any atom is 0.288 e. The number of hydrogen-bond acceptors (Lipinski definition) is 3. The largest absolute Gasteiger partial charge is 0.398 e. The maximum atomic E-state index is 12.5. The Labute approximate surface area is 125 Å². The standard InChI is InChI=1S/C15H14F2N2OS/c1-9-6-7-10(8-11(9)18)14(20)19-12-4-2-3-5-13(12)21-15(16)17/h2-8,15H,18H2,1H3,(H,19,20). The van der Waals surface area contributed by atoms with Gasteiger partial charge in [-0.3, -0.25) is 4.79 Å². The number of rotatable bonds is 4. The lowest BCUT2D eigenvalue weighted by Crippen LogP contribution is -2.13. The molecule has 0 heterocycles. The topological polar surface area (TPSA) is 55.1 Å². The van der Waals surface area contributed by atoms with E-state index in [0.717, 1.165) is 5.56 Å². The van der Waals surface area contributed by atoms with Crippen LogP contribution in [0.4, 0.5) is 20.2 Å². The zero-order chi connectivity index (χ0) is 15.4. The number of amides is 1. The third-order valence-corrected chi connectivity index (χ3v) is 3.68.